The van der Waals surface area contributed by atoms with Gasteiger partial charge < -0.3 is 18.9 Å². The van der Waals surface area contributed by atoms with Gasteiger partial charge in [0.05, 0.1) is 20.3 Å². The molecule has 1 rings (SSSR count). The molecule has 0 fully saturated rings. The Morgan fingerprint density at radius 1 is 0.955 bits per heavy atom. The third-order valence-corrected chi connectivity index (χ3v) is 3.17. The normalized spacial score (nSPS) is 10.9. The number of ether oxygens (including phenoxy) is 4. The molecule has 6 heteroatoms. The van der Waals surface area contributed by atoms with Crippen LogP contribution in [-0.4, -0.2) is 45.0 Å². The second-order valence-corrected chi connectivity index (χ2v) is 4.50. The van der Waals surface area contributed by atoms with Gasteiger partial charge in [0.25, 0.3) is 5.60 Å². The van der Waals surface area contributed by atoms with E-state index in [2.05, 4.69) is 0 Å². The van der Waals surface area contributed by atoms with Crippen LogP contribution in [0.25, 0.3) is 0 Å². The van der Waals surface area contributed by atoms with E-state index in [0.29, 0.717) is 5.75 Å². The van der Waals surface area contributed by atoms with Crippen molar-refractivity contribution in [2.24, 2.45) is 0 Å². The van der Waals surface area contributed by atoms with Crippen molar-refractivity contribution in [1.29, 1.82) is 0 Å². The largest absolute Gasteiger partial charge is 0.497 e. The van der Waals surface area contributed by atoms with Crippen molar-refractivity contribution in [2.45, 2.75) is 25.9 Å². The van der Waals surface area contributed by atoms with Crippen molar-refractivity contribution < 1.29 is 28.5 Å². The SMILES string of the molecule is CCOC(=O)C(Cc1ccc(OC)cc1)(OC)C(=O)OCC. The van der Waals surface area contributed by atoms with E-state index in [1.165, 1.54) is 7.11 Å². The number of hydrogen-bond donors (Lipinski definition) is 0. The minimum Gasteiger partial charge on any atom is -0.497 e. The van der Waals surface area contributed by atoms with E-state index in [4.69, 9.17) is 18.9 Å². The number of esters is 2. The highest BCUT2D eigenvalue weighted by Gasteiger charge is 2.49. The Labute approximate surface area is 130 Å². The summed E-state index contributed by atoms with van der Waals surface area (Å²) < 4.78 is 20.3. The van der Waals surface area contributed by atoms with Crippen molar-refractivity contribution >= 4 is 11.9 Å². The lowest BCUT2D eigenvalue weighted by molar-refractivity contribution is -0.187. The lowest BCUT2D eigenvalue weighted by Gasteiger charge is -2.27. The Morgan fingerprint density at radius 3 is 1.82 bits per heavy atom. The average Bonchev–Trinajstić information content (AvgIpc) is 2.53. The van der Waals surface area contributed by atoms with E-state index in [1.807, 2.05) is 0 Å². The Bertz CT molecular complexity index is 476. The summed E-state index contributed by atoms with van der Waals surface area (Å²) in [4.78, 5) is 24.5. The molecule has 0 aliphatic heterocycles. The lowest BCUT2D eigenvalue weighted by atomic mass is 9.94. The van der Waals surface area contributed by atoms with E-state index >= 15 is 0 Å². The molecule has 0 radical (unpaired) electrons. The molecule has 0 atom stereocenters. The van der Waals surface area contributed by atoms with Crippen LogP contribution in [0.2, 0.25) is 0 Å². The molecule has 0 bridgehead atoms. The van der Waals surface area contributed by atoms with Gasteiger partial charge in [-0.15, -0.1) is 0 Å². The first-order valence-corrected chi connectivity index (χ1v) is 7.06. The molecule has 0 spiro atoms. The zero-order valence-corrected chi connectivity index (χ0v) is 13.4. The summed E-state index contributed by atoms with van der Waals surface area (Å²) in [5.74, 6) is -0.836. The highest BCUT2D eigenvalue weighted by molar-refractivity contribution is 6.04. The van der Waals surface area contributed by atoms with Crippen LogP contribution in [0.3, 0.4) is 0 Å². The number of carbonyl (C=O) groups excluding carboxylic acids is 2. The van der Waals surface area contributed by atoms with Gasteiger partial charge in [-0.25, -0.2) is 9.59 Å². The molecule has 122 valence electrons. The summed E-state index contributed by atoms with van der Waals surface area (Å²) in [5.41, 5.74) is -1.08. The summed E-state index contributed by atoms with van der Waals surface area (Å²) in [5, 5.41) is 0. The smallest absolute Gasteiger partial charge is 0.350 e. The molecule has 1 aromatic carbocycles. The van der Waals surface area contributed by atoms with Crippen molar-refractivity contribution in [3.05, 3.63) is 29.8 Å². The molecule has 0 saturated carbocycles. The first kappa shape index (κ1) is 18.0. The third kappa shape index (κ3) is 3.98. The van der Waals surface area contributed by atoms with Gasteiger partial charge in [-0.1, -0.05) is 12.1 Å². The molecule has 0 amide bonds. The van der Waals surface area contributed by atoms with E-state index in [1.54, 1.807) is 45.2 Å². The average molecular weight is 310 g/mol. The zero-order chi connectivity index (χ0) is 16.6. The van der Waals surface area contributed by atoms with Crippen molar-refractivity contribution in [3.8, 4) is 5.75 Å². The molecule has 0 aliphatic rings. The Balaban J connectivity index is 3.11. The first-order valence-electron chi connectivity index (χ1n) is 7.06. The topological polar surface area (TPSA) is 71.1 Å². The van der Waals surface area contributed by atoms with Crippen LogP contribution in [0.15, 0.2) is 24.3 Å². The lowest BCUT2D eigenvalue weighted by Crippen LogP contribution is -2.52. The Morgan fingerprint density at radius 2 is 1.45 bits per heavy atom. The van der Waals surface area contributed by atoms with E-state index in [9.17, 15) is 9.59 Å². The number of benzene rings is 1. The molecule has 0 aliphatic carbocycles. The molecule has 6 nitrogen and oxygen atoms in total. The van der Waals surface area contributed by atoms with Crippen LogP contribution in [-0.2, 0) is 30.2 Å². The van der Waals surface area contributed by atoms with Crippen LogP contribution >= 0.6 is 0 Å². The minimum absolute atomic E-state index is 0.0190. The summed E-state index contributed by atoms with van der Waals surface area (Å²) in [6, 6.07) is 6.99. The fourth-order valence-electron chi connectivity index (χ4n) is 1.99. The fourth-order valence-corrected chi connectivity index (χ4v) is 1.99. The van der Waals surface area contributed by atoms with Crippen LogP contribution in [0, 0.1) is 0 Å². The molecule has 0 unspecified atom stereocenters. The molecule has 1 aromatic rings. The highest BCUT2D eigenvalue weighted by atomic mass is 16.6. The monoisotopic (exact) mass is 310 g/mol. The third-order valence-electron chi connectivity index (χ3n) is 3.17. The highest BCUT2D eigenvalue weighted by Crippen LogP contribution is 2.23. The zero-order valence-electron chi connectivity index (χ0n) is 13.4. The Hall–Kier alpha value is -2.08. The molecule has 0 aromatic heterocycles. The first-order chi connectivity index (χ1) is 10.5. The second kappa shape index (κ2) is 8.38. The van der Waals surface area contributed by atoms with Gasteiger partial charge in [0.1, 0.15) is 5.75 Å². The molecular weight excluding hydrogens is 288 g/mol. The molecule has 0 saturated heterocycles. The van der Waals surface area contributed by atoms with E-state index < -0.39 is 17.5 Å². The summed E-state index contributed by atoms with van der Waals surface area (Å²) in [6.07, 6.45) is 0.0190. The predicted molar refractivity (Wildman–Crippen MR) is 79.7 cm³/mol. The predicted octanol–water partition coefficient (Wildman–Crippen LogP) is 1.75. The van der Waals surface area contributed by atoms with Gasteiger partial charge >= 0.3 is 11.9 Å². The fraction of sp³-hybridized carbons (Fsp3) is 0.500. The maximum Gasteiger partial charge on any atom is 0.350 e. The van der Waals surface area contributed by atoms with Gasteiger partial charge in [0.15, 0.2) is 0 Å². The molecular formula is C16H22O6. The number of hydrogen-bond acceptors (Lipinski definition) is 6. The van der Waals surface area contributed by atoms with Gasteiger partial charge in [-0.2, -0.15) is 0 Å². The van der Waals surface area contributed by atoms with Gasteiger partial charge in [0, 0.05) is 13.5 Å². The van der Waals surface area contributed by atoms with E-state index in [0.717, 1.165) is 5.56 Å². The number of rotatable bonds is 8. The van der Waals surface area contributed by atoms with Crippen LogP contribution in [0.4, 0.5) is 0 Å². The van der Waals surface area contributed by atoms with Gasteiger partial charge in [-0.05, 0) is 31.5 Å². The van der Waals surface area contributed by atoms with Crippen molar-refractivity contribution in [1.82, 2.24) is 0 Å². The standard InChI is InChI=1S/C16H22O6/c1-5-21-14(17)16(20-4,15(18)22-6-2)11-12-7-9-13(19-3)10-8-12/h7-10H,5-6,11H2,1-4H3. The summed E-state index contributed by atoms with van der Waals surface area (Å²) >= 11 is 0. The molecule has 0 N–H and O–H groups in total. The maximum absolute atomic E-state index is 12.3. The van der Waals surface area contributed by atoms with Crippen molar-refractivity contribution in [3.63, 3.8) is 0 Å². The molecule has 22 heavy (non-hydrogen) atoms. The van der Waals surface area contributed by atoms with Gasteiger partial charge in [-0.3, -0.25) is 0 Å². The Kier molecular flexibility index (Phi) is 6.85. The second-order valence-electron chi connectivity index (χ2n) is 4.50. The van der Waals surface area contributed by atoms with Gasteiger partial charge in [0.2, 0.25) is 0 Å². The number of carbonyl (C=O) groups is 2. The van der Waals surface area contributed by atoms with Crippen LogP contribution < -0.4 is 4.74 Å². The quantitative estimate of drug-likeness (QED) is 0.538. The summed E-state index contributed by atoms with van der Waals surface area (Å²) in [6.45, 7) is 3.62. The summed E-state index contributed by atoms with van der Waals surface area (Å²) in [7, 11) is 2.85. The number of methoxy groups -OCH3 is 2. The van der Waals surface area contributed by atoms with Crippen LogP contribution in [0.5, 0.6) is 5.75 Å². The van der Waals surface area contributed by atoms with Crippen molar-refractivity contribution in [2.75, 3.05) is 27.4 Å². The molecule has 0 heterocycles. The maximum atomic E-state index is 12.3. The van der Waals surface area contributed by atoms with Crippen LogP contribution in [0.1, 0.15) is 19.4 Å². The van der Waals surface area contributed by atoms with E-state index in [-0.39, 0.29) is 19.6 Å². The minimum atomic E-state index is -1.80.